The summed E-state index contributed by atoms with van der Waals surface area (Å²) in [4.78, 5) is 4.36. The van der Waals surface area contributed by atoms with Gasteiger partial charge in [0, 0.05) is 11.7 Å². The lowest BCUT2D eigenvalue weighted by molar-refractivity contribution is 0.492. The molecule has 2 heteroatoms. The molecule has 1 aromatic rings. The topological polar surface area (TPSA) is 24.9 Å². The van der Waals surface area contributed by atoms with E-state index < -0.39 is 0 Å². The molecule has 1 fully saturated rings. The Labute approximate surface area is 85.7 Å². The van der Waals surface area contributed by atoms with Gasteiger partial charge in [0.1, 0.15) is 5.82 Å². The Kier molecular flexibility index (Phi) is 2.22. The van der Waals surface area contributed by atoms with Gasteiger partial charge < -0.3 is 5.32 Å². The molecule has 0 amide bonds. The summed E-state index contributed by atoms with van der Waals surface area (Å²) in [5.41, 5.74) is 1.40. The summed E-state index contributed by atoms with van der Waals surface area (Å²) in [6.45, 7) is 6.57. The van der Waals surface area contributed by atoms with E-state index in [1.807, 2.05) is 6.20 Å². The molecule has 0 unspecified atom stereocenters. The number of hydrogen-bond donors (Lipinski definition) is 1. The van der Waals surface area contributed by atoms with Crippen LogP contribution in [-0.2, 0) is 0 Å². The normalized spacial score (nSPS) is 16.8. The predicted octanol–water partition coefficient (Wildman–Crippen LogP) is 2.99. The molecule has 0 radical (unpaired) electrons. The smallest absolute Gasteiger partial charge is 0.126 e. The summed E-state index contributed by atoms with van der Waals surface area (Å²) >= 11 is 0. The van der Waals surface area contributed by atoms with E-state index in [4.69, 9.17) is 0 Å². The van der Waals surface area contributed by atoms with E-state index in [1.54, 1.807) is 0 Å². The molecule has 2 nitrogen and oxygen atoms in total. The molecule has 0 aliphatic heterocycles. The van der Waals surface area contributed by atoms with Crippen molar-refractivity contribution in [3.63, 3.8) is 0 Å². The fourth-order valence-corrected chi connectivity index (χ4v) is 1.78. The minimum Gasteiger partial charge on any atom is -0.365 e. The van der Waals surface area contributed by atoms with Gasteiger partial charge >= 0.3 is 0 Å². The van der Waals surface area contributed by atoms with Crippen LogP contribution < -0.4 is 5.32 Å². The summed E-state index contributed by atoms with van der Waals surface area (Å²) in [5, 5.41) is 3.50. The Bertz CT molecular complexity index is 310. The minimum atomic E-state index is 0.197. The van der Waals surface area contributed by atoms with Gasteiger partial charge in [-0.25, -0.2) is 4.98 Å². The van der Waals surface area contributed by atoms with E-state index in [-0.39, 0.29) is 5.54 Å². The number of anilines is 1. The third kappa shape index (κ3) is 2.06. The van der Waals surface area contributed by atoms with Crippen molar-refractivity contribution in [2.24, 2.45) is 5.92 Å². The highest BCUT2D eigenvalue weighted by Gasteiger charge is 2.37. The van der Waals surface area contributed by atoms with Crippen molar-refractivity contribution >= 4 is 5.82 Å². The number of hydrogen-bond acceptors (Lipinski definition) is 2. The second-order valence-corrected chi connectivity index (χ2v) is 4.84. The van der Waals surface area contributed by atoms with Gasteiger partial charge in [0.25, 0.3) is 0 Å². The third-order valence-corrected chi connectivity index (χ3v) is 2.96. The number of nitrogens with zero attached hydrogens (tertiary/aromatic N) is 1. The van der Waals surface area contributed by atoms with Gasteiger partial charge in [-0.05, 0) is 51.2 Å². The van der Waals surface area contributed by atoms with Crippen molar-refractivity contribution < 1.29 is 0 Å². The molecule has 0 atom stereocenters. The molecule has 1 heterocycles. The van der Waals surface area contributed by atoms with Gasteiger partial charge in [-0.1, -0.05) is 6.07 Å². The van der Waals surface area contributed by atoms with Crippen LogP contribution in [0.5, 0.6) is 0 Å². The molecule has 1 aromatic heterocycles. The molecule has 2 rings (SSSR count). The van der Waals surface area contributed by atoms with E-state index in [2.05, 4.69) is 43.2 Å². The standard InChI is InChI=1S/C12H18N2/c1-9-4-7-11(13-8-9)14-12(2,3)10-5-6-10/h4,7-8,10H,5-6H2,1-3H3,(H,13,14). The van der Waals surface area contributed by atoms with Gasteiger partial charge in [-0.15, -0.1) is 0 Å². The van der Waals surface area contributed by atoms with Gasteiger partial charge in [0.2, 0.25) is 0 Å². The highest BCUT2D eigenvalue weighted by Crippen LogP contribution is 2.40. The van der Waals surface area contributed by atoms with Gasteiger partial charge in [-0.2, -0.15) is 0 Å². The van der Waals surface area contributed by atoms with Crippen LogP contribution in [0.4, 0.5) is 5.82 Å². The SMILES string of the molecule is Cc1ccc(NC(C)(C)C2CC2)nc1. The third-order valence-electron chi connectivity index (χ3n) is 2.96. The van der Waals surface area contributed by atoms with Crippen LogP contribution in [0.3, 0.4) is 0 Å². The Morgan fingerprint density at radius 2 is 2.07 bits per heavy atom. The Morgan fingerprint density at radius 3 is 2.57 bits per heavy atom. The molecule has 0 saturated heterocycles. The Balaban J connectivity index is 2.06. The highest BCUT2D eigenvalue weighted by atomic mass is 15.1. The predicted molar refractivity (Wildman–Crippen MR) is 59.4 cm³/mol. The maximum atomic E-state index is 4.36. The van der Waals surface area contributed by atoms with Crippen LogP contribution in [0.25, 0.3) is 0 Å². The lowest BCUT2D eigenvalue weighted by Crippen LogP contribution is -2.33. The molecule has 76 valence electrons. The molecule has 1 saturated carbocycles. The number of rotatable bonds is 3. The lowest BCUT2D eigenvalue weighted by atomic mass is 9.99. The average molecular weight is 190 g/mol. The maximum absolute atomic E-state index is 4.36. The summed E-state index contributed by atoms with van der Waals surface area (Å²) in [6.07, 6.45) is 4.61. The quantitative estimate of drug-likeness (QED) is 0.792. The van der Waals surface area contributed by atoms with Crippen molar-refractivity contribution in [2.75, 3.05) is 5.32 Å². The van der Waals surface area contributed by atoms with Gasteiger partial charge in [0.15, 0.2) is 0 Å². The molecular weight excluding hydrogens is 172 g/mol. The monoisotopic (exact) mass is 190 g/mol. The molecule has 0 bridgehead atoms. The zero-order chi connectivity index (χ0) is 10.2. The van der Waals surface area contributed by atoms with Crippen molar-refractivity contribution in [3.8, 4) is 0 Å². The first-order chi connectivity index (χ1) is 6.58. The summed E-state index contributed by atoms with van der Waals surface area (Å²) in [7, 11) is 0. The number of aromatic nitrogens is 1. The van der Waals surface area contributed by atoms with E-state index in [9.17, 15) is 0 Å². The van der Waals surface area contributed by atoms with Crippen molar-refractivity contribution in [2.45, 2.75) is 39.2 Å². The first-order valence-corrected chi connectivity index (χ1v) is 5.29. The molecule has 1 aliphatic carbocycles. The summed E-state index contributed by atoms with van der Waals surface area (Å²) in [5.74, 6) is 1.82. The first kappa shape index (κ1) is 9.50. The molecule has 1 aliphatic rings. The number of aryl methyl sites for hydroxylation is 1. The average Bonchev–Trinajstić information content (AvgIpc) is 2.91. The first-order valence-electron chi connectivity index (χ1n) is 5.29. The highest BCUT2D eigenvalue weighted by molar-refractivity contribution is 5.38. The van der Waals surface area contributed by atoms with E-state index in [0.717, 1.165) is 11.7 Å². The molecule has 1 N–H and O–H groups in total. The Morgan fingerprint density at radius 1 is 1.36 bits per heavy atom. The molecule has 0 spiro atoms. The van der Waals surface area contributed by atoms with E-state index >= 15 is 0 Å². The fourth-order valence-electron chi connectivity index (χ4n) is 1.78. The summed E-state index contributed by atoms with van der Waals surface area (Å²) in [6, 6.07) is 4.15. The van der Waals surface area contributed by atoms with Crippen molar-refractivity contribution in [3.05, 3.63) is 23.9 Å². The molecular formula is C12H18N2. The van der Waals surface area contributed by atoms with Crippen LogP contribution in [0.15, 0.2) is 18.3 Å². The number of nitrogens with one attached hydrogen (secondary N) is 1. The second-order valence-electron chi connectivity index (χ2n) is 4.84. The zero-order valence-electron chi connectivity index (χ0n) is 9.17. The number of pyridine rings is 1. The largest absolute Gasteiger partial charge is 0.365 e. The van der Waals surface area contributed by atoms with Gasteiger partial charge in [-0.3, -0.25) is 0 Å². The lowest BCUT2D eigenvalue weighted by Gasteiger charge is -2.26. The van der Waals surface area contributed by atoms with Crippen LogP contribution >= 0.6 is 0 Å². The summed E-state index contributed by atoms with van der Waals surface area (Å²) < 4.78 is 0. The Hall–Kier alpha value is -1.05. The van der Waals surface area contributed by atoms with Crippen LogP contribution in [0.2, 0.25) is 0 Å². The zero-order valence-corrected chi connectivity index (χ0v) is 9.17. The van der Waals surface area contributed by atoms with Crippen LogP contribution in [0.1, 0.15) is 32.3 Å². The van der Waals surface area contributed by atoms with E-state index in [1.165, 1.54) is 18.4 Å². The van der Waals surface area contributed by atoms with Crippen molar-refractivity contribution in [1.29, 1.82) is 0 Å². The molecule has 14 heavy (non-hydrogen) atoms. The molecule has 0 aromatic carbocycles. The second kappa shape index (κ2) is 3.26. The fraction of sp³-hybridized carbons (Fsp3) is 0.583. The van der Waals surface area contributed by atoms with Crippen LogP contribution in [-0.4, -0.2) is 10.5 Å². The van der Waals surface area contributed by atoms with E-state index in [0.29, 0.717) is 0 Å². The van der Waals surface area contributed by atoms with Crippen molar-refractivity contribution in [1.82, 2.24) is 4.98 Å². The maximum Gasteiger partial charge on any atom is 0.126 e. The van der Waals surface area contributed by atoms with Gasteiger partial charge in [0.05, 0.1) is 0 Å². The van der Waals surface area contributed by atoms with Crippen LogP contribution in [0, 0.1) is 12.8 Å². The minimum absolute atomic E-state index is 0.197.